The highest BCUT2D eigenvalue weighted by atomic mass is 35.5. The number of carbonyl (C=O) groups excluding carboxylic acids is 2. The van der Waals surface area contributed by atoms with E-state index in [0.29, 0.717) is 27.4 Å². The first-order chi connectivity index (χ1) is 19.8. The van der Waals surface area contributed by atoms with Gasteiger partial charge >= 0.3 is 11.7 Å². The number of imidazole rings is 1. The normalized spacial score (nSPS) is 18.7. The summed E-state index contributed by atoms with van der Waals surface area (Å²) >= 11 is 6.41. The average molecular weight is 572 g/mol. The molecule has 1 saturated carbocycles. The SMILES string of the molecule is COC(=O)c1cccc(C2(n3c(=O)n(-c4ccc(C(=O)N5CC6(CCOCC6)C5)cc4)c4cc(Cl)ccc43)CC2)c1. The zero-order valence-electron chi connectivity index (χ0n) is 22.8. The number of nitrogens with zero attached hydrogens (tertiary/aromatic N) is 3. The summed E-state index contributed by atoms with van der Waals surface area (Å²) in [5.74, 6) is -0.408. The largest absolute Gasteiger partial charge is 0.465 e. The highest BCUT2D eigenvalue weighted by Crippen LogP contribution is 2.50. The molecule has 3 heterocycles. The zero-order chi connectivity index (χ0) is 28.4. The first kappa shape index (κ1) is 26.0. The molecule has 2 saturated heterocycles. The van der Waals surface area contributed by atoms with Gasteiger partial charge < -0.3 is 14.4 Å². The van der Waals surface area contributed by atoms with Crippen LogP contribution in [0.15, 0.2) is 71.5 Å². The Bertz CT molecular complexity index is 1740. The number of amides is 1. The van der Waals surface area contributed by atoms with Crippen LogP contribution in [-0.2, 0) is 15.0 Å². The summed E-state index contributed by atoms with van der Waals surface area (Å²) in [6.45, 7) is 3.06. The number of benzene rings is 3. The van der Waals surface area contributed by atoms with E-state index in [4.69, 9.17) is 21.1 Å². The van der Waals surface area contributed by atoms with Crippen molar-refractivity contribution in [2.45, 2.75) is 31.2 Å². The molecular formula is C32H30ClN3O5. The minimum Gasteiger partial charge on any atom is -0.465 e. The van der Waals surface area contributed by atoms with Crippen molar-refractivity contribution in [3.63, 3.8) is 0 Å². The molecule has 8 nitrogen and oxygen atoms in total. The number of fused-ring (bicyclic) bond motifs is 1. The number of ether oxygens (including phenoxy) is 2. The maximum absolute atomic E-state index is 14.2. The number of esters is 1. The van der Waals surface area contributed by atoms with Crippen molar-refractivity contribution in [3.05, 3.63) is 98.9 Å². The van der Waals surface area contributed by atoms with Gasteiger partial charge in [0.2, 0.25) is 0 Å². The van der Waals surface area contributed by atoms with Crippen LogP contribution in [0.25, 0.3) is 16.7 Å². The van der Waals surface area contributed by atoms with Crippen LogP contribution in [0.3, 0.4) is 0 Å². The maximum atomic E-state index is 14.2. The van der Waals surface area contributed by atoms with Crippen LogP contribution in [0, 0.1) is 5.41 Å². The van der Waals surface area contributed by atoms with Gasteiger partial charge in [-0.2, -0.15) is 0 Å². The van der Waals surface area contributed by atoms with E-state index in [-0.39, 0.29) is 17.0 Å². The van der Waals surface area contributed by atoms with Crippen molar-refractivity contribution in [2.75, 3.05) is 33.4 Å². The van der Waals surface area contributed by atoms with Crippen LogP contribution < -0.4 is 5.69 Å². The Labute approximate surface area is 242 Å². The smallest absolute Gasteiger partial charge is 0.337 e. The topological polar surface area (TPSA) is 82.8 Å². The fraction of sp³-hybridized carbons (Fsp3) is 0.344. The standard InChI is InChI=1S/C32H30ClN3O5/c1-40-29(38)22-3-2-4-23(17-22)32(11-12-32)36-26-10-7-24(33)18-27(26)35(30(36)39)25-8-5-21(6-9-25)28(37)34-19-31(20-34)13-15-41-16-14-31/h2-10,17-18H,11-16,19-20H2,1H3. The monoisotopic (exact) mass is 571 g/mol. The van der Waals surface area contributed by atoms with Gasteiger partial charge in [0.05, 0.1) is 34.9 Å². The molecule has 1 aromatic heterocycles. The van der Waals surface area contributed by atoms with Gasteiger partial charge in [-0.3, -0.25) is 13.9 Å². The lowest BCUT2D eigenvalue weighted by Crippen LogP contribution is -2.60. The van der Waals surface area contributed by atoms with Gasteiger partial charge in [-0.05, 0) is 85.8 Å². The van der Waals surface area contributed by atoms with Gasteiger partial charge in [0.25, 0.3) is 5.91 Å². The number of aromatic nitrogens is 2. The summed E-state index contributed by atoms with van der Waals surface area (Å²) in [5, 5.41) is 0.521. The van der Waals surface area contributed by atoms with Gasteiger partial charge in [0.15, 0.2) is 0 Å². The molecule has 3 fully saturated rings. The number of hydrogen-bond donors (Lipinski definition) is 0. The molecule has 210 valence electrons. The van der Waals surface area contributed by atoms with E-state index in [1.807, 2.05) is 45.9 Å². The molecule has 3 aromatic carbocycles. The lowest BCUT2D eigenvalue weighted by atomic mass is 9.73. The van der Waals surface area contributed by atoms with Crippen molar-refractivity contribution < 1.29 is 19.1 Å². The third-order valence-corrected chi connectivity index (χ3v) is 9.28. The van der Waals surface area contributed by atoms with E-state index in [1.54, 1.807) is 34.9 Å². The second-order valence-electron chi connectivity index (χ2n) is 11.5. The van der Waals surface area contributed by atoms with Gasteiger partial charge in [-0.25, -0.2) is 9.59 Å². The minimum absolute atomic E-state index is 0.00825. The molecule has 7 rings (SSSR count). The van der Waals surface area contributed by atoms with Crippen LogP contribution in [0.5, 0.6) is 0 Å². The number of carbonyl (C=O) groups is 2. The summed E-state index contributed by atoms with van der Waals surface area (Å²) in [6.07, 6.45) is 3.52. The van der Waals surface area contributed by atoms with E-state index in [0.717, 1.165) is 63.1 Å². The molecule has 0 atom stereocenters. The first-order valence-electron chi connectivity index (χ1n) is 13.9. The van der Waals surface area contributed by atoms with Crippen molar-refractivity contribution in [1.82, 2.24) is 14.0 Å². The zero-order valence-corrected chi connectivity index (χ0v) is 23.5. The van der Waals surface area contributed by atoms with Crippen LogP contribution >= 0.6 is 11.6 Å². The number of methoxy groups -OCH3 is 1. The third-order valence-electron chi connectivity index (χ3n) is 9.04. The molecule has 3 aliphatic rings. The van der Waals surface area contributed by atoms with Crippen molar-refractivity contribution in [2.24, 2.45) is 5.41 Å². The highest BCUT2D eigenvalue weighted by molar-refractivity contribution is 6.31. The second kappa shape index (κ2) is 9.60. The number of hydrogen-bond acceptors (Lipinski definition) is 5. The summed E-state index contributed by atoms with van der Waals surface area (Å²) in [6, 6.07) is 20.0. The minimum atomic E-state index is -0.577. The molecule has 1 amide bonds. The Morgan fingerprint density at radius 2 is 1.61 bits per heavy atom. The first-order valence-corrected chi connectivity index (χ1v) is 14.3. The number of likely N-dealkylation sites (tertiary alicyclic amines) is 1. The van der Waals surface area contributed by atoms with Crippen LogP contribution in [-0.4, -0.2) is 59.3 Å². The van der Waals surface area contributed by atoms with Crippen LogP contribution in [0.2, 0.25) is 5.02 Å². The van der Waals surface area contributed by atoms with Gasteiger partial charge in [0, 0.05) is 42.3 Å². The average Bonchev–Trinajstić information content (AvgIpc) is 3.73. The van der Waals surface area contributed by atoms with Crippen molar-refractivity contribution in [1.29, 1.82) is 0 Å². The van der Waals surface area contributed by atoms with Gasteiger partial charge in [-0.1, -0.05) is 23.7 Å². The predicted molar refractivity (Wildman–Crippen MR) is 155 cm³/mol. The Balaban J connectivity index is 1.25. The quantitative estimate of drug-likeness (QED) is 0.314. The van der Waals surface area contributed by atoms with Gasteiger partial charge in [0.1, 0.15) is 0 Å². The lowest BCUT2D eigenvalue weighted by Gasteiger charge is -2.52. The van der Waals surface area contributed by atoms with Crippen molar-refractivity contribution >= 4 is 34.5 Å². The fourth-order valence-electron chi connectivity index (χ4n) is 6.61. The second-order valence-corrected chi connectivity index (χ2v) is 11.9. The molecule has 2 aliphatic heterocycles. The molecule has 0 radical (unpaired) electrons. The molecule has 1 spiro atoms. The summed E-state index contributed by atoms with van der Waals surface area (Å²) in [7, 11) is 1.36. The van der Waals surface area contributed by atoms with E-state index in [2.05, 4.69) is 0 Å². The van der Waals surface area contributed by atoms with E-state index >= 15 is 0 Å². The van der Waals surface area contributed by atoms with Crippen molar-refractivity contribution in [3.8, 4) is 5.69 Å². The number of rotatable bonds is 5. The Kier molecular flexibility index (Phi) is 6.10. The Morgan fingerprint density at radius 1 is 0.878 bits per heavy atom. The number of halogens is 1. The molecule has 0 N–H and O–H groups in total. The molecule has 4 aromatic rings. The van der Waals surface area contributed by atoms with E-state index < -0.39 is 11.5 Å². The Morgan fingerprint density at radius 3 is 2.29 bits per heavy atom. The summed E-state index contributed by atoms with van der Waals surface area (Å²) in [5.41, 5.74) is 3.44. The maximum Gasteiger partial charge on any atom is 0.337 e. The molecule has 41 heavy (non-hydrogen) atoms. The summed E-state index contributed by atoms with van der Waals surface area (Å²) in [4.78, 5) is 41.5. The van der Waals surface area contributed by atoms with Crippen LogP contribution in [0.1, 0.15) is 52.0 Å². The molecule has 9 heteroatoms. The molecule has 1 aliphatic carbocycles. The predicted octanol–water partition coefficient (Wildman–Crippen LogP) is 5.02. The van der Waals surface area contributed by atoms with E-state index in [1.165, 1.54) is 7.11 Å². The summed E-state index contributed by atoms with van der Waals surface area (Å²) < 4.78 is 13.9. The highest BCUT2D eigenvalue weighted by Gasteiger charge is 2.49. The van der Waals surface area contributed by atoms with Gasteiger partial charge in [-0.15, -0.1) is 0 Å². The molecular weight excluding hydrogens is 542 g/mol. The molecule has 0 bridgehead atoms. The molecule has 0 unspecified atom stereocenters. The fourth-order valence-corrected chi connectivity index (χ4v) is 6.78. The third kappa shape index (κ3) is 4.19. The Hall–Kier alpha value is -3.88. The van der Waals surface area contributed by atoms with E-state index in [9.17, 15) is 14.4 Å². The lowest BCUT2D eigenvalue weighted by molar-refractivity contribution is -0.0666. The van der Waals surface area contributed by atoms with Crippen LogP contribution in [0.4, 0.5) is 0 Å².